The van der Waals surface area contributed by atoms with Crippen LogP contribution in [0.2, 0.25) is 0 Å². The molecule has 1 aromatic carbocycles. The van der Waals surface area contributed by atoms with E-state index < -0.39 is 0 Å². The minimum Gasteiger partial charge on any atom is -0.497 e. The van der Waals surface area contributed by atoms with Gasteiger partial charge in [0, 0.05) is 12.2 Å². The molecule has 0 fully saturated rings. The molecule has 0 saturated heterocycles. The molecule has 0 saturated carbocycles. The molecule has 4 nitrogen and oxygen atoms in total. The number of carbonyl (C=O) groups is 1. The van der Waals surface area contributed by atoms with Crippen molar-refractivity contribution in [2.24, 2.45) is 0 Å². The number of esters is 1. The van der Waals surface area contributed by atoms with E-state index in [0.29, 0.717) is 13.2 Å². The Labute approximate surface area is 107 Å². The second kappa shape index (κ2) is 5.76. The number of methoxy groups -OCH3 is 1. The van der Waals surface area contributed by atoms with Crippen molar-refractivity contribution in [2.75, 3.05) is 31.7 Å². The van der Waals surface area contributed by atoms with Crippen molar-refractivity contribution in [1.82, 2.24) is 0 Å². The summed E-state index contributed by atoms with van der Waals surface area (Å²) in [5.74, 6) is 0.702. The monoisotopic (exact) mass is 249 g/mol. The van der Waals surface area contributed by atoms with Gasteiger partial charge in [0.05, 0.1) is 13.7 Å². The maximum absolute atomic E-state index is 11.6. The van der Waals surface area contributed by atoms with Gasteiger partial charge in [0.25, 0.3) is 0 Å². The average Bonchev–Trinajstić information content (AvgIpc) is 2.38. The number of benzene rings is 1. The van der Waals surface area contributed by atoms with Crippen molar-refractivity contribution in [3.8, 4) is 5.75 Å². The van der Waals surface area contributed by atoms with Gasteiger partial charge < -0.3 is 14.4 Å². The van der Waals surface area contributed by atoms with Crippen LogP contribution in [0.15, 0.2) is 18.2 Å². The van der Waals surface area contributed by atoms with Gasteiger partial charge in [-0.3, -0.25) is 4.79 Å². The van der Waals surface area contributed by atoms with Gasteiger partial charge in [0.2, 0.25) is 0 Å². The van der Waals surface area contributed by atoms with Gasteiger partial charge in [0.1, 0.15) is 12.3 Å². The van der Waals surface area contributed by atoms with Crippen molar-refractivity contribution >= 4 is 11.7 Å². The summed E-state index contributed by atoms with van der Waals surface area (Å²) in [6.07, 6.45) is 2.09. The molecule has 1 aliphatic rings. The Morgan fingerprint density at radius 1 is 1.44 bits per heavy atom. The zero-order valence-electron chi connectivity index (χ0n) is 10.9. The molecule has 1 aliphatic heterocycles. The first kappa shape index (κ1) is 12.7. The van der Waals surface area contributed by atoms with Crippen molar-refractivity contribution < 1.29 is 14.3 Å². The van der Waals surface area contributed by atoms with Crippen molar-refractivity contribution in [2.45, 2.75) is 19.8 Å². The molecule has 0 aromatic heterocycles. The predicted molar refractivity (Wildman–Crippen MR) is 70.2 cm³/mol. The largest absolute Gasteiger partial charge is 0.497 e. The number of ether oxygens (including phenoxy) is 2. The van der Waals surface area contributed by atoms with Crippen molar-refractivity contribution in [1.29, 1.82) is 0 Å². The number of carbonyl (C=O) groups excluding carboxylic acids is 1. The summed E-state index contributed by atoms with van der Waals surface area (Å²) in [6.45, 7) is 3.49. The summed E-state index contributed by atoms with van der Waals surface area (Å²) in [4.78, 5) is 13.6. The minimum absolute atomic E-state index is 0.166. The van der Waals surface area contributed by atoms with E-state index in [0.717, 1.165) is 30.8 Å². The number of hydrogen-bond acceptors (Lipinski definition) is 4. The van der Waals surface area contributed by atoms with Crippen LogP contribution in [0.3, 0.4) is 0 Å². The van der Waals surface area contributed by atoms with Crippen molar-refractivity contribution in [3.05, 3.63) is 23.8 Å². The van der Waals surface area contributed by atoms with E-state index in [-0.39, 0.29) is 5.97 Å². The van der Waals surface area contributed by atoms with Crippen LogP contribution in [-0.2, 0) is 16.0 Å². The Hall–Kier alpha value is -1.71. The van der Waals surface area contributed by atoms with Gasteiger partial charge in [-0.25, -0.2) is 0 Å². The lowest BCUT2D eigenvalue weighted by Crippen LogP contribution is -2.35. The number of rotatable bonds is 4. The SMILES string of the molecule is CCOC(=O)CN1CCCc2cc(OC)ccc21. The van der Waals surface area contributed by atoms with Crippen LogP contribution in [0.25, 0.3) is 0 Å². The van der Waals surface area contributed by atoms with Gasteiger partial charge in [-0.1, -0.05) is 0 Å². The Morgan fingerprint density at radius 2 is 2.28 bits per heavy atom. The Bertz CT molecular complexity index is 431. The second-order valence-electron chi connectivity index (χ2n) is 4.32. The van der Waals surface area contributed by atoms with Crippen LogP contribution in [0.5, 0.6) is 5.75 Å². The Kier molecular flexibility index (Phi) is 4.07. The van der Waals surface area contributed by atoms with E-state index in [9.17, 15) is 4.79 Å². The first-order chi connectivity index (χ1) is 8.74. The molecule has 0 bridgehead atoms. The first-order valence-corrected chi connectivity index (χ1v) is 6.32. The molecule has 18 heavy (non-hydrogen) atoms. The fourth-order valence-electron chi connectivity index (χ4n) is 2.31. The lowest BCUT2D eigenvalue weighted by molar-refractivity contribution is -0.141. The normalized spacial score (nSPS) is 14.0. The van der Waals surface area contributed by atoms with Gasteiger partial charge >= 0.3 is 5.97 Å². The Balaban J connectivity index is 2.15. The van der Waals surface area contributed by atoms with Crippen molar-refractivity contribution in [3.63, 3.8) is 0 Å². The molecule has 0 amide bonds. The highest BCUT2D eigenvalue weighted by Crippen LogP contribution is 2.30. The third-order valence-electron chi connectivity index (χ3n) is 3.13. The molecule has 1 heterocycles. The quantitative estimate of drug-likeness (QED) is 0.765. The highest BCUT2D eigenvalue weighted by atomic mass is 16.5. The lowest BCUT2D eigenvalue weighted by Gasteiger charge is -2.30. The first-order valence-electron chi connectivity index (χ1n) is 6.32. The standard InChI is InChI=1S/C14H19NO3/c1-3-18-14(16)10-15-8-4-5-11-9-12(17-2)6-7-13(11)15/h6-7,9H,3-5,8,10H2,1-2H3. The summed E-state index contributed by atoms with van der Waals surface area (Å²) in [5, 5.41) is 0. The van der Waals surface area contributed by atoms with Crippen LogP contribution < -0.4 is 9.64 Å². The maximum Gasteiger partial charge on any atom is 0.325 e. The molecule has 0 atom stereocenters. The minimum atomic E-state index is -0.166. The topological polar surface area (TPSA) is 38.8 Å². The number of fused-ring (bicyclic) bond motifs is 1. The van der Waals surface area contributed by atoms with Gasteiger partial charge in [0.15, 0.2) is 0 Å². The molecule has 0 spiro atoms. The highest BCUT2D eigenvalue weighted by molar-refractivity contribution is 5.76. The smallest absolute Gasteiger partial charge is 0.325 e. The summed E-state index contributed by atoms with van der Waals surface area (Å²) in [6, 6.07) is 6.00. The molecule has 4 heteroatoms. The molecular weight excluding hydrogens is 230 g/mol. The van der Waals surface area contributed by atoms with E-state index in [1.54, 1.807) is 7.11 Å². The third kappa shape index (κ3) is 2.75. The third-order valence-corrected chi connectivity index (χ3v) is 3.13. The van der Waals surface area contributed by atoms with Crippen LogP contribution in [0, 0.1) is 0 Å². The number of nitrogens with zero attached hydrogens (tertiary/aromatic N) is 1. The van der Waals surface area contributed by atoms with Gasteiger partial charge in [-0.2, -0.15) is 0 Å². The zero-order valence-corrected chi connectivity index (χ0v) is 10.9. The summed E-state index contributed by atoms with van der Waals surface area (Å²) >= 11 is 0. The maximum atomic E-state index is 11.6. The van der Waals surface area contributed by atoms with Crippen LogP contribution in [0.4, 0.5) is 5.69 Å². The number of aryl methyl sites for hydroxylation is 1. The second-order valence-corrected chi connectivity index (χ2v) is 4.32. The lowest BCUT2D eigenvalue weighted by atomic mass is 10.0. The number of hydrogen-bond donors (Lipinski definition) is 0. The van der Waals surface area contributed by atoms with E-state index in [2.05, 4.69) is 4.90 Å². The summed E-state index contributed by atoms with van der Waals surface area (Å²) < 4.78 is 10.2. The van der Waals surface area contributed by atoms with E-state index in [1.165, 1.54) is 5.56 Å². The molecule has 0 aliphatic carbocycles. The molecule has 0 radical (unpaired) electrons. The van der Waals surface area contributed by atoms with Gasteiger partial charge in [-0.05, 0) is 43.5 Å². The van der Waals surface area contributed by atoms with E-state index in [4.69, 9.17) is 9.47 Å². The molecule has 1 aromatic rings. The Morgan fingerprint density at radius 3 is 3.00 bits per heavy atom. The molecule has 0 unspecified atom stereocenters. The van der Waals surface area contributed by atoms with Crippen LogP contribution in [0.1, 0.15) is 18.9 Å². The summed E-state index contributed by atoms with van der Waals surface area (Å²) in [7, 11) is 1.67. The predicted octanol–water partition coefficient (Wildman–Crippen LogP) is 2.01. The summed E-state index contributed by atoms with van der Waals surface area (Å²) in [5.41, 5.74) is 2.36. The number of anilines is 1. The van der Waals surface area contributed by atoms with Crippen LogP contribution in [-0.4, -0.2) is 32.8 Å². The fourth-order valence-corrected chi connectivity index (χ4v) is 2.31. The van der Waals surface area contributed by atoms with Gasteiger partial charge in [-0.15, -0.1) is 0 Å². The molecular formula is C14H19NO3. The molecule has 2 rings (SSSR count). The van der Waals surface area contributed by atoms with Crippen LogP contribution >= 0.6 is 0 Å². The van der Waals surface area contributed by atoms with E-state index in [1.807, 2.05) is 25.1 Å². The average molecular weight is 249 g/mol. The molecule has 98 valence electrons. The zero-order chi connectivity index (χ0) is 13.0. The van der Waals surface area contributed by atoms with E-state index >= 15 is 0 Å². The highest BCUT2D eigenvalue weighted by Gasteiger charge is 2.19. The fraction of sp³-hybridized carbons (Fsp3) is 0.500. The molecule has 0 N–H and O–H groups in total.